The number of fused-ring (bicyclic) bond motifs is 3. The molecule has 1 N–H and O–H groups in total. The highest BCUT2D eigenvalue weighted by molar-refractivity contribution is 5.90. The van der Waals surface area contributed by atoms with Crippen molar-refractivity contribution in [1.29, 1.82) is 0 Å². The molecule has 0 atom stereocenters. The second-order valence-corrected chi connectivity index (χ2v) is 6.98. The molecule has 0 aliphatic heterocycles. The number of benzene rings is 1. The molecule has 140 valence electrons. The van der Waals surface area contributed by atoms with Gasteiger partial charge in [-0.05, 0) is 50.3 Å². The van der Waals surface area contributed by atoms with Crippen LogP contribution < -0.4 is 10.9 Å². The number of nitrogens with one attached hydrogen (secondary N) is 1. The monoisotopic (exact) mass is 368 g/mol. The fourth-order valence-corrected chi connectivity index (χ4v) is 3.55. The van der Waals surface area contributed by atoms with E-state index in [9.17, 15) is 14.0 Å². The molecule has 1 aromatic carbocycles. The Labute approximate surface area is 155 Å². The van der Waals surface area contributed by atoms with Gasteiger partial charge < -0.3 is 9.88 Å². The van der Waals surface area contributed by atoms with Crippen molar-refractivity contribution in [1.82, 2.24) is 14.2 Å². The molecule has 3 aromatic rings. The Kier molecular flexibility index (Phi) is 4.51. The van der Waals surface area contributed by atoms with Crippen molar-refractivity contribution in [3.63, 3.8) is 0 Å². The van der Waals surface area contributed by atoms with E-state index < -0.39 is 0 Å². The molecule has 0 fully saturated rings. The summed E-state index contributed by atoms with van der Waals surface area (Å²) in [4.78, 5) is 25.0. The average molecular weight is 368 g/mol. The van der Waals surface area contributed by atoms with Crippen molar-refractivity contribution in [2.45, 2.75) is 45.6 Å². The molecule has 1 aliphatic carbocycles. The van der Waals surface area contributed by atoms with Crippen molar-refractivity contribution in [3.8, 4) is 0 Å². The smallest absolute Gasteiger partial charge is 0.276 e. The molecule has 0 bridgehead atoms. The van der Waals surface area contributed by atoms with Gasteiger partial charge in [0.15, 0.2) is 0 Å². The zero-order valence-electron chi connectivity index (χ0n) is 15.2. The van der Waals surface area contributed by atoms with Crippen LogP contribution in [0.3, 0.4) is 0 Å². The summed E-state index contributed by atoms with van der Waals surface area (Å²) in [5.74, 6) is -0.624. The molecule has 0 saturated carbocycles. The highest BCUT2D eigenvalue weighted by Crippen LogP contribution is 2.22. The number of hydrogen-bond donors (Lipinski definition) is 1. The van der Waals surface area contributed by atoms with E-state index in [0.717, 1.165) is 36.9 Å². The fraction of sp³-hybridized carbons (Fsp3) is 0.350. The summed E-state index contributed by atoms with van der Waals surface area (Å²) < 4.78 is 16.8. The number of nitrogens with zero attached hydrogens (tertiary/aromatic N) is 3. The first-order valence-electron chi connectivity index (χ1n) is 9.18. The average Bonchev–Trinajstić information content (AvgIpc) is 3.03. The summed E-state index contributed by atoms with van der Waals surface area (Å²) in [6.45, 7) is 1.92. The molecule has 27 heavy (non-hydrogen) atoms. The van der Waals surface area contributed by atoms with E-state index in [2.05, 4.69) is 10.4 Å². The third-order valence-electron chi connectivity index (χ3n) is 5.07. The predicted octanol–water partition coefficient (Wildman–Crippen LogP) is 2.85. The summed E-state index contributed by atoms with van der Waals surface area (Å²) in [6, 6.07) is 4.57. The fourth-order valence-electron chi connectivity index (χ4n) is 3.55. The number of aryl methyl sites for hydroxylation is 4. The third kappa shape index (κ3) is 3.37. The molecule has 2 heterocycles. The summed E-state index contributed by atoms with van der Waals surface area (Å²) >= 11 is 0. The lowest BCUT2D eigenvalue weighted by molar-refractivity contribution is -0.116. The number of aromatic nitrogens is 3. The molecule has 0 saturated heterocycles. The van der Waals surface area contributed by atoms with Gasteiger partial charge >= 0.3 is 0 Å². The lowest BCUT2D eigenvalue weighted by atomic mass is 9.97. The predicted molar refractivity (Wildman–Crippen MR) is 100 cm³/mol. The van der Waals surface area contributed by atoms with Crippen molar-refractivity contribution in [2.75, 3.05) is 5.32 Å². The van der Waals surface area contributed by atoms with E-state index in [1.807, 2.05) is 0 Å². The first-order valence-corrected chi connectivity index (χ1v) is 9.18. The summed E-state index contributed by atoms with van der Waals surface area (Å²) in [5, 5.41) is 7.18. The van der Waals surface area contributed by atoms with E-state index in [0.29, 0.717) is 16.8 Å². The minimum absolute atomic E-state index is 0.123. The third-order valence-corrected chi connectivity index (χ3v) is 5.07. The van der Waals surface area contributed by atoms with Crippen molar-refractivity contribution in [2.24, 2.45) is 0 Å². The van der Waals surface area contributed by atoms with Crippen LogP contribution in [-0.4, -0.2) is 20.1 Å². The minimum Gasteiger partial charge on any atom is -0.326 e. The van der Waals surface area contributed by atoms with Crippen LogP contribution in [0.2, 0.25) is 0 Å². The minimum atomic E-state index is -0.361. The quantitative estimate of drug-likeness (QED) is 0.770. The molecule has 0 unspecified atom stereocenters. The van der Waals surface area contributed by atoms with Crippen LogP contribution in [0.1, 0.15) is 36.1 Å². The van der Waals surface area contributed by atoms with Gasteiger partial charge in [-0.25, -0.2) is 8.91 Å². The van der Waals surface area contributed by atoms with E-state index in [4.69, 9.17) is 0 Å². The van der Waals surface area contributed by atoms with Crippen molar-refractivity contribution < 1.29 is 9.18 Å². The Morgan fingerprint density at radius 2 is 2.07 bits per heavy atom. The molecule has 7 heteroatoms. The second kappa shape index (κ2) is 6.98. The maximum atomic E-state index is 13.6. The number of carbonyl (C=O) groups is 1. The van der Waals surface area contributed by atoms with E-state index >= 15 is 0 Å². The summed E-state index contributed by atoms with van der Waals surface area (Å²) in [6.07, 6.45) is 7.50. The van der Waals surface area contributed by atoms with Crippen molar-refractivity contribution >= 4 is 17.1 Å². The largest absolute Gasteiger partial charge is 0.326 e. The van der Waals surface area contributed by atoms with Gasteiger partial charge in [-0.15, -0.1) is 0 Å². The van der Waals surface area contributed by atoms with Crippen LogP contribution in [0.5, 0.6) is 0 Å². The van der Waals surface area contributed by atoms with Gasteiger partial charge in [-0.2, -0.15) is 5.10 Å². The maximum absolute atomic E-state index is 13.6. The normalized spacial score (nSPS) is 13.6. The second-order valence-electron chi connectivity index (χ2n) is 6.98. The van der Waals surface area contributed by atoms with Gasteiger partial charge in [0.25, 0.3) is 5.56 Å². The van der Waals surface area contributed by atoms with Crippen LogP contribution in [0.25, 0.3) is 5.52 Å². The van der Waals surface area contributed by atoms with Gasteiger partial charge in [0.05, 0.1) is 5.69 Å². The topological polar surface area (TPSA) is 68.4 Å². The molecular weight excluding hydrogens is 347 g/mol. The Hall–Kier alpha value is -2.96. The zero-order valence-corrected chi connectivity index (χ0v) is 15.2. The van der Waals surface area contributed by atoms with E-state index in [1.165, 1.54) is 6.07 Å². The van der Waals surface area contributed by atoms with E-state index in [-0.39, 0.29) is 30.2 Å². The number of carbonyl (C=O) groups excluding carboxylic acids is 1. The number of anilines is 1. The lowest BCUT2D eigenvalue weighted by Crippen LogP contribution is -2.24. The molecule has 0 radical (unpaired) electrons. The Morgan fingerprint density at radius 1 is 1.26 bits per heavy atom. The Bertz CT molecular complexity index is 1080. The first kappa shape index (κ1) is 17.5. The standard InChI is InChI=1S/C20H21FN4O2/c1-13-6-7-14(12-16(13)21)22-18(26)8-9-24-10-11-25-19(20(24)27)15-4-2-3-5-17(15)23-25/h6-7,10-12H,2-5,8-9H2,1H3,(H,22,26). The number of hydrogen-bond acceptors (Lipinski definition) is 3. The Balaban J connectivity index is 1.50. The maximum Gasteiger partial charge on any atom is 0.276 e. The highest BCUT2D eigenvalue weighted by atomic mass is 19.1. The van der Waals surface area contributed by atoms with E-state index in [1.54, 1.807) is 40.5 Å². The molecule has 1 aliphatic rings. The van der Waals surface area contributed by atoms with Crippen LogP contribution in [0.4, 0.5) is 10.1 Å². The summed E-state index contributed by atoms with van der Waals surface area (Å²) in [7, 11) is 0. The zero-order chi connectivity index (χ0) is 19.0. The lowest BCUT2D eigenvalue weighted by Gasteiger charge is -2.10. The number of rotatable bonds is 4. The van der Waals surface area contributed by atoms with Crippen LogP contribution in [0.15, 0.2) is 35.4 Å². The van der Waals surface area contributed by atoms with Gasteiger partial charge in [-0.1, -0.05) is 6.07 Å². The molecule has 6 nitrogen and oxygen atoms in total. The van der Waals surface area contributed by atoms with Crippen molar-refractivity contribution in [3.05, 3.63) is 63.6 Å². The van der Waals surface area contributed by atoms with Gasteiger partial charge in [0, 0.05) is 36.6 Å². The first-order chi connectivity index (χ1) is 13.0. The molecule has 1 amide bonds. The van der Waals surface area contributed by atoms with Gasteiger partial charge in [0.2, 0.25) is 5.91 Å². The van der Waals surface area contributed by atoms with Gasteiger partial charge in [0.1, 0.15) is 11.3 Å². The molecular formula is C20H21FN4O2. The SMILES string of the molecule is Cc1ccc(NC(=O)CCn2ccn3nc4c(c3c2=O)CCCC4)cc1F. The van der Waals surface area contributed by atoms with Gasteiger partial charge in [-0.3, -0.25) is 9.59 Å². The van der Waals surface area contributed by atoms with Crippen LogP contribution in [0, 0.1) is 12.7 Å². The summed E-state index contributed by atoms with van der Waals surface area (Å²) in [5.41, 5.74) is 3.48. The van der Waals surface area contributed by atoms with Crippen LogP contribution in [-0.2, 0) is 24.2 Å². The molecule has 2 aromatic heterocycles. The van der Waals surface area contributed by atoms with Crippen LogP contribution >= 0.6 is 0 Å². The Morgan fingerprint density at radius 3 is 2.89 bits per heavy atom. The molecule has 4 rings (SSSR count). The highest BCUT2D eigenvalue weighted by Gasteiger charge is 2.19. The molecule has 0 spiro atoms. The number of amides is 1. The number of halogens is 1.